The third kappa shape index (κ3) is 2.88. The second-order valence-electron chi connectivity index (χ2n) is 10.2. The Morgan fingerprint density at radius 3 is 2.77 bits per heavy atom. The largest absolute Gasteiger partial charge is 0.353 e. The second-order valence-corrected chi connectivity index (χ2v) is 10.2. The van der Waals surface area contributed by atoms with Crippen LogP contribution < -0.4 is 5.32 Å². The average Bonchev–Trinajstić information content (AvgIpc) is 2.99. The summed E-state index contributed by atoms with van der Waals surface area (Å²) in [5.74, 6) is 1.79. The standard InChI is InChI=1S/C25H30F2N2O/c1-24-9-10-29-22(30)12-17(24)3-4-18-20-6-5-19(25(20,2)8-7-21(18)24)15-11-16(23(26)27)14-28-13-15/h5,11-14,18,20-21,23H,3-4,6-10H2,1-2H3,(H,29,30)/t18?,20-,21-,24-,25+/m0/s1. The fourth-order valence-electron chi connectivity index (χ4n) is 7.30. The monoisotopic (exact) mass is 412 g/mol. The first-order valence-electron chi connectivity index (χ1n) is 11.3. The Balaban J connectivity index is 1.46. The molecule has 0 aromatic carbocycles. The Hall–Kier alpha value is -2.04. The van der Waals surface area contributed by atoms with Gasteiger partial charge in [0.05, 0.1) is 0 Å². The summed E-state index contributed by atoms with van der Waals surface area (Å²) >= 11 is 0. The molecule has 4 aliphatic rings. The van der Waals surface area contributed by atoms with Crippen LogP contribution in [0.2, 0.25) is 0 Å². The number of rotatable bonds is 2. The lowest BCUT2D eigenvalue weighted by Crippen LogP contribution is -2.49. The lowest BCUT2D eigenvalue weighted by molar-refractivity contribution is -0.116. The molecule has 5 rings (SSSR count). The quantitative estimate of drug-likeness (QED) is 0.677. The third-order valence-electron chi connectivity index (χ3n) is 8.89. The first kappa shape index (κ1) is 19.9. The van der Waals surface area contributed by atoms with E-state index < -0.39 is 6.43 Å². The van der Waals surface area contributed by atoms with Crippen LogP contribution in [0.5, 0.6) is 0 Å². The second kappa shape index (κ2) is 7.00. The van der Waals surface area contributed by atoms with Crippen molar-refractivity contribution < 1.29 is 13.6 Å². The Labute approximate surface area is 177 Å². The predicted octanol–water partition coefficient (Wildman–Crippen LogP) is 5.70. The summed E-state index contributed by atoms with van der Waals surface area (Å²) < 4.78 is 26.5. The van der Waals surface area contributed by atoms with E-state index >= 15 is 0 Å². The Morgan fingerprint density at radius 2 is 1.97 bits per heavy atom. The van der Waals surface area contributed by atoms with Crippen LogP contribution in [0.15, 0.2) is 36.2 Å². The molecule has 0 bridgehead atoms. The molecule has 1 aromatic heterocycles. The number of hydrogen-bond acceptors (Lipinski definition) is 2. The van der Waals surface area contributed by atoms with Crippen LogP contribution in [0.1, 0.15) is 69.9 Å². The van der Waals surface area contributed by atoms with Crippen molar-refractivity contribution in [3.63, 3.8) is 0 Å². The number of halogens is 2. The fraction of sp³-hybridized carbons (Fsp3) is 0.600. The van der Waals surface area contributed by atoms with E-state index in [9.17, 15) is 13.6 Å². The zero-order valence-corrected chi connectivity index (χ0v) is 17.8. The number of hydrogen-bond donors (Lipinski definition) is 1. The highest BCUT2D eigenvalue weighted by molar-refractivity contribution is 5.88. The van der Waals surface area contributed by atoms with Crippen molar-refractivity contribution in [1.82, 2.24) is 10.3 Å². The maximum atomic E-state index is 13.3. The molecule has 1 unspecified atom stereocenters. The van der Waals surface area contributed by atoms with E-state index in [-0.39, 0.29) is 22.3 Å². The van der Waals surface area contributed by atoms with Gasteiger partial charge in [-0.15, -0.1) is 0 Å². The van der Waals surface area contributed by atoms with E-state index in [4.69, 9.17) is 0 Å². The molecular weight excluding hydrogens is 382 g/mol. The maximum absolute atomic E-state index is 13.3. The van der Waals surface area contributed by atoms with Crippen LogP contribution in [0.25, 0.3) is 5.57 Å². The Bertz CT molecular complexity index is 939. The predicted molar refractivity (Wildman–Crippen MR) is 113 cm³/mol. The van der Waals surface area contributed by atoms with Gasteiger partial charge in [0, 0.05) is 30.6 Å². The molecule has 3 nitrogen and oxygen atoms in total. The minimum atomic E-state index is -2.49. The highest BCUT2D eigenvalue weighted by Gasteiger charge is 2.56. The van der Waals surface area contributed by atoms with Crippen LogP contribution in [0, 0.1) is 28.6 Å². The highest BCUT2D eigenvalue weighted by Crippen LogP contribution is 2.66. The van der Waals surface area contributed by atoms with Crippen LogP contribution in [-0.2, 0) is 4.79 Å². The summed E-state index contributed by atoms with van der Waals surface area (Å²) in [6.07, 6.45) is 11.0. The van der Waals surface area contributed by atoms with E-state index in [1.807, 2.05) is 6.08 Å². The van der Waals surface area contributed by atoms with Crippen molar-refractivity contribution >= 4 is 11.5 Å². The van der Waals surface area contributed by atoms with Crippen LogP contribution >= 0.6 is 0 Å². The van der Waals surface area contributed by atoms with E-state index in [0.717, 1.165) is 50.6 Å². The molecule has 1 aromatic rings. The summed E-state index contributed by atoms with van der Waals surface area (Å²) in [4.78, 5) is 16.2. The number of alkyl halides is 2. The number of amides is 1. The highest BCUT2D eigenvalue weighted by atomic mass is 19.3. The number of allylic oxidation sites excluding steroid dienone is 3. The zero-order chi connectivity index (χ0) is 21.1. The summed E-state index contributed by atoms with van der Waals surface area (Å²) in [5.41, 5.74) is 3.52. The Kier molecular flexibility index (Phi) is 4.64. The van der Waals surface area contributed by atoms with Crippen molar-refractivity contribution in [3.05, 3.63) is 47.3 Å². The number of fused-ring (bicyclic) bond motifs is 5. The van der Waals surface area contributed by atoms with Gasteiger partial charge in [0.2, 0.25) is 5.91 Å². The van der Waals surface area contributed by atoms with Gasteiger partial charge in [0.1, 0.15) is 0 Å². The minimum Gasteiger partial charge on any atom is -0.353 e. The van der Waals surface area contributed by atoms with Crippen LogP contribution in [0.4, 0.5) is 8.78 Å². The minimum absolute atomic E-state index is 0.00437. The molecule has 2 fully saturated rings. The molecule has 0 radical (unpaired) electrons. The summed E-state index contributed by atoms with van der Waals surface area (Å²) in [6.45, 7) is 5.46. The molecule has 160 valence electrons. The van der Waals surface area contributed by atoms with Crippen LogP contribution in [0.3, 0.4) is 0 Å². The lowest BCUT2D eigenvalue weighted by atomic mass is 9.47. The van der Waals surface area contributed by atoms with Gasteiger partial charge < -0.3 is 5.32 Å². The number of carbonyl (C=O) groups excluding carboxylic acids is 1. The fourth-order valence-corrected chi connectivity index (χ4v) is 7.30. The number of pyridine rings is 1. The van der Waals surface area contributed by atoms with Gasteiger partial charge in [0.25, 0.3) is 6.43 Å². The molecule has 0 saturated heterocycles. The van der Waals surface area contributed by atoms with Gasteiger partial charge >= 0.3 is 0 Å². The summed E-state index contributed by atoms with van der Waals surface area (Å²) in [6, 6.07) is 1.63. The number of nitrogens with zero attached hydrogens (tertiary/aromatic N) is 1. The summed E-state index contributed by atoms with van der Waals surface area (Å²) in [5, 5.41) is 3.02. The van der Waals surface area contributed by atoms with Gasteiger partial charge in [-0.25, -0.2) is 8.78 Å². The number of carbonyl (C=O) groups is 1. The van der Waals surface area contributed by atoms with E-state index in [0.29, 0.717) is 17.8 Å². The first-order chi connectivity index (χ1) is 14.3. The molecular formula is C25H30F2N2O. The third-order valence-corrected chi connectivity index (χ3v) is 8.89. The first-order valence-corrected chi connectivity index (χ1v) is 11.3. The SMILES string of the molecule is C[C@]12CCNC(=O)C=C1CCC1[C@@H]2CC[C@]2(C)C(c3cncc(C(F)F)c3)=CC[C@@H]12. The van der Waals surface area contributed by atoms with Gasteiger partial charge in [0.15, 0.2) is 0 Å². The molecule has 5 heteroatoms. The van der Waals surface area contributed by atoms with E-state index in [2.05, 4.69) is 30.2 Å². The van der Waals surface area contributed by atoms with Crippen molar-refractivity contribution in [2.75, 3.05) is 6.54 Å². The normalized spacial score (nSPS) is 38.0. The smallest absolute Gasteiger partial charge is 0.265 e. The van der Waals surface area contributed by atoms with E-state index in [1.54, 1.807) is 12.3 Å². The van der Waals surface area contributed by atoms with Crippen molar-refractivity contribution in [1.29, 1.82) is 0 Å². The molecule has 3 aliphatic carbocycles. The molecule has 1 amide bonds. The molecule has 5 atom stereocenters. The van der Waals surface area contributed by atoms with E-state index in [1.165, 1.54) is 17.3 Å². The van der Waals surface area contributed by atoms with Gasteiger partial charge in [-0.2, -0.15) is 0 Å². The van der Waals surface area contributed by atoms with Gasteiger partial charge in [-0.3, -0.25) is 9.78 Å². The molecule has 2 heterocycles. The Morgan fingerprint density at radius 1 is 1.13 bits per heavy atom. The molecule has 1 N–H and O–H groups in total. The average molecular weight is 413 g/mol. The molecule has 2 saturated carbocycles. The zero-order valence-electron chi connectivity index (χ0n) is 17.8. The molecule has 1 aliphatic heterocycles. The van der Waals surface area contributed by atoms with Crippen molar-refractivity contribution in [3.8, 4) is 0 Å². The lowest BCUT2D eigenvalue weighted by Gasteiger charge is -2.57. The number of aromatic nitrogens is 1. The number of nitrogens with one attached hydrogen (secondary N) is 1. The van der Waals surface area contributed by atoms with Crippen molar-refractivity contribution in [2.45, 2.75) is 58.8 Å². The van der Waals surface area contributed by atoms with Crippen molar-refractivity contribution in [2.24, 2.45) is 28.6 Å². The maximum Gasteiger partial charge on any atom is 0.265 e. The van der Waals surface area contributed by atoms with Crippen LogP contribution in [-0.4, -0.2) is 17.4 Å². The van der Waals surface area contributed by atoms with Gasteiger partial charge in [-0.05, 0) is 84.3 Å². The topological polar surface area (TPSA) is 42.0 Å². The molecule has 0 spiro atoms. The summed E-state index contributed by atoms with van der Waals surface area (Å²) in [7, 11) is 0. The molecule has 30 heavy (non-hydrogen) atoms. The van der Waals surface area contributed by atoms with Gasteiger partial charge in [-0.1, -0.05) is 25.5 Å².